The molecule has 0 amide bonds. The second kappa shape index (κ2) is 13.8. The van der Waals surface area contributed by atoms with E-state index in [-0.39, 0.29) is 36.9 Å². The molecule has 2 N–H and O–H groups in total. The summed E-state index contributed by atoms with van der Waals surface area (Å²) in [4.78, 5) is 25.1. The number of hydrogen-bond acceptors (Lipinski definition) is 12. The molecule has 1 aliphatic heterocycles. The third kappa shape index (κ3) is 8.30. The molecule has 1 aliphatic rings. The van der Waals surface area contributed by atoms with Crippen molar-refractivity contribution in [2.45, 2.75) is 77.8 Å². The van der Waals surface area contributed by atoms with E-state index in [0.29, 0.717) is 24.0 Å². The van der Waals surface area contributed by atoms with Gasteiger partial charge in [-0.05, 0) is 66.0 Å². The highest BCUT2D eigenvalue weighted by molar-refractivity contribution is 7.56. The van der Waals surface area contributed by atoms with Crippen LogP contribution < -0.4 is 0 Å². The number of imidazole rings is 1. The Balaban J connectivity index is 0.000000926. The normalized spacial score (nSPS) is 19.6. The molecule has 38 heavy (non-hydrogen) atoms. The van der Waals surface area contributed by atoms with Gasteiger partial charge in [-0.3, -0.25) is 9.13 Å². The maximum absolute atomic E-state index is 13.5. The number of nitrogens with zero attached hydrogens (tertiary/aromatic N) is 4. The van der Waals surface area contributed by atoms with Gasteiger partial charge in [-0.2, -0.15) is 4.98 Å². The molecule has 16 heteroatoms. The van der Waals surface area contributed by atoms with Crippen LogP contribution in [0.4, 0.5) is 0 Å². The van der Waals surface area contributed by atoms with Crippen LogP contribution in [0, 0.1) is 0 Å². The summed E-state index contributed by atoms with van der Waals surface area (Å²) in [6.07, 6.45) is 1.94. The molecule has 13 nitrogen and oxygen atoms in total. The van der Waals surface area contributed by atoms with Gasteiger partial charge in [0.25, 0.3) is 5.34 Å². The van der Waals surface area contributed by atoms with E-state index in [1.54, 1.807) is 31.7 Å². The average molecular weight is 601 g/mol. The van der Waals surface area contributed by atoms with Crippen LogP contribution in [0.5, 0.6) is 0 Å². The van der Waals surface area contributed by atoms with Gasteiger partial charge >= 0.3 is 13.6 Å². The van der Waals surface area contributed by atoms with Crippen LogP contribution in [0.1, 0.15) is 60.6 Å². The van der Waals surface area contributed by atoms with Crippen molar-refractivity contribution in [3.63, 3.8) is 0 Å². The lowest BCUT2D eigenvalue weighted by Crippen LogP contribution is -2.43. The molecule has 2 unspecified atom stereocenters. The first kappa shape index (κ1) is 32.8. The summed E-state index contributed by atoms with van der Waals surface area (Å²) in [5.41, 5.74) is 0.855. The Kier molecular flexibility index (Phi) is 11.9. The van der Waals surface area contributed by atoms with E-state index in [0.717, 1.165) is 0 Å². The van der Waals surface area contributed by atoms with E-state index in [1.165, 1.54) is 20.8 Å². The Hall–Kier alpha value is -1.41. The molecule has 0 spiro atoms. The average Bonchev–Trinajstić information content (AvgIpc) is 3.43. The van der Waals surface area contributed by atoms with Gasteiger partial charge in [0.05, 0.1) is 38.9 Å². The van der Waals surface area contributed by atoms with Crippen LogP contribution in [-0.2, 0) is 32.6 Å². The predicted molar refractivity (Wildman–Crippen MR) is 139 cm³/mol. The van der Waals surface area contributed by atoms with Gasteiger partial charge in [0.1, 0.15) is 11.7 Å². The summed E-state index contributed by atoms with van der Waals surface area (Å²) in [6.45, 7) is 9.08. The Morgan fingerprint density at radius 3 is 2.29 bits per heavy atom. The molecule has 0 aromatic carbocycles. The van der Waals surface area contributed by atoms with Crippen molar-refractivity contribution in [1.82, 2.24) is 19.5 Å². The number of fused-ring (bicyclic) bond motifs is 1. The van der Waals surface area contributed by atoms with Crippen LogP contribution >= 0.6 is 30.8 Å². The summed E-state index contributed by atoms with van der Waals surface area (Å²) in [5, 5.41) is 14.3. The minimum Gasteiger partial charge on any atom is -0.463 e. The van der Waals surface area contributed by atoms with E-state index >= 15 is 0 Å². The quantitative estimate of drug-likeness (QED) is 0.125. The summed E-state index contributed by atoms with van der Waals surface area (Å²) < 4.78 is 43.0. The van der Waals surface area contributed by atoms with E-state index < -0.39 is 37.0 Å². The zero-order valence-corrected chi connectivity index (χ0v) is 24.6. The van der Waals surface area contributed by atoms with Crippen molar-refractivity contribution in [3.8, 4) is 0 Å². The van der Waals surface area contributed by atoms with E-state index in [1.807, 2.05) is 0 Å². The topological polar surface area (TPSA) is 164 Å². The van der Waals surface area contributed by atoms with Crippen molar-refractivity contribution >= 4 is 47.9 Å². The van der Waals surface area contributed by atoms with Crippen molar-refractivity contribution < 1.29 is 42.8 Å². The van der Waals surface area contributed by atoms with Crippen LogP contribution in [0.2, 0.25) is 10.4 Å². The fraction of sp³-hybridized carbons (Fsp3) is 0.727. The summed E-state index contributed by atoms with van der Waals surface area (Å²) in [6, 6.07) is 0. The Bertz CT molecular complexity index is 1110. The van der Waals surface area contributed by atoms with E-state index in [4.69, 9.17) is 56.7 Å². The predicted octanol–water partition coefficient (Wildman–Crippen LogP) is 4.08. The van der Waals surface area contributed by atoms with Crippen LogP contribution in [0.3, 0.4) is 0 Å². The lowest BCUT2D eigenvalue weighted by atomic mass is 10.2. The number of hydrogen-bond donors (Lipinski definition) is 2. The molecule has 1 fully saturated rings. The first-order valence-corrected chi connectivity index (χ1v) is 14.3. The van der Waals surface area contributed by atoms with Crippen LogP contribution in [-0.4, -0.2) is 79.4 Å². The van der Waals surface area contributed by atoms with Crippen LogP contribution in [0.15, 0.2) is 6.33 Å². The molecule has 3 rings (SSSR count). The number of aliphatic hydroxyl groups is 2. The fourth-order valence-electron chi connectivity index (χ4n) is 3.48. The summed E-state index contributed by atoms with van der Waals surface area (Å²) >= 11 is 12.0. The van der Waals surface area contributed by atoms with Gasteiger partial charge in [-0.25, -0.2) is 14.8 Å². The zero-order valence-electron chi connectivity index (χ0n) is 22.2. The van der Waals surface area contributed by atoms with E-state index in [2.05, 4.69) is 15.0 Å². The lowest BCUT2D eigenvalue weighted by Gasteiger charge is -2.34. The van der Waals surface area contributed by atoms with Gasteiger partial charge in [0, 0.05) is 0 Å². The van der Waals surface area contributed by atoms with E-state index in [9.17, 15) is 9.36 Å². The third-order valence-corrected chi connectivity index (χ3v) is 8.06. The molecule has 0 bridgehead atoms. The van der Waals surface area contributed by atoms with Crippen LogP contribution in [0.25, 0.3) is 11.2 Å². The zero-order chi connectivity index (χ0) is 28.7. The monoisotopic (exact) mass is 600 g/mol. The number of aromatic nitrogens is 4. The number of halogens is 2. The molecule has 0 aliphatic carbocycles. The molecule has 2 aromatic rings. The SMILES string of the molecule is CC(C)(O)O.CCOC(=O)C(C)(OC[C@@H]1CCC(n2cnc3c(Cl)nc(Cl)nc32)O1)P(=O)(OCC)OCC. The maximum atomic E-state index is 13.5. The first-order valence-electron chi connectivity index (χ1n) is 12.0. The highest BCUT2D eigenvalue weighted by Gasteiger charge is 2.56. The van der Waals surface area contributed by atoms with Gasteiger partial charge < -0.3 is 33.5 Å². The molecule has 0 saturated carbocycles. The summed E-state index contributed by atoms with van der Waals surface area (Å²) in [7, 11) is -4.00. The van der Waals surface area contributed by atoms with Crippen molar-refractivity contribution in [3.05, 3.63) is 16.8 Å². The van der Waals surface area contributed by atoms with Gasteiger partial charge in [0.15, 0.2) is 16.6 Å². The van der Waals surface area contributed by atoms with Gasteiger partial charge in [-0.1, -0.05) is 11.6 Å². The summed E-state index contributed by atoms with van der Waals surface area (Å²) in [5.74, 6) is -2.33. The van der Waals surface area contributed by atoms with Crippen molar-refractivity contribution in [1.29, 1.82) is 0 Å². The van der Waals surface area contributed by atoms with Gasteiger partial charge in [-0.15, -0.1) is 0 Å². The Morgan fingerprint density at radius 2 is 1.74 bits per heavy atom. The number of ether oxygens (including phenoxy) is 3. The number of carbonyl (C=O) groups excluding carboxylic acids is 1. The highest BCUT2D eigenvalue weighted by Crippen LogP contribution is 2.61. The Morgan fingerprint density at radius 1 is 1.13 bits per heavy atom. The number of rotatable bonds is 11. The molecule has 216 valence electrons. The minimum atomic E-state index is -4.00. The standard InChI is InChI=1S/C19H27Cl2N4O7P.C3H8O2/c1-5-28-17(26)19(4,33(27,30-6-2)31-7-3)29-10-12-8-9-13(32-12)25-11-22-14-15(20)23-18(21)24-16(14)25;1-3(2,4)5/h11-13H,5-10H2,1-4H3;4-5H,1-2H3/t12-,13?,19?;/m0./s1. The Labute approximate surface area is 231 Å². The number of carbonyl (C=O) groups is 1. The van der Waals surface area contributed by atoms with Crippen molar-refractivity contribution in [2.24, 2.45) is 0 Å². The molecule has 0 radical (unpaired) electrons. The fourth-order valence-corrected chi connectivity index (χ4v) is 5.66. The first-order chi connectivity index (χ1) is 17.7. The van der Waals surface area contributed by atoms with Crippen molar-refractivity contribution in [2.75, 3.05) is 26.4 Å². The molecule has 1 saturated heterocycles. The third-order valence-electron chi connectivity index (χ3n) is 5.07. The highest BCUT2D eigenvalue weighted by atomic mass is 35.5. The molecule has 2 aromatic heterocycles. The second-order valence-corrected chi connectivity index (χ2v) is 11.8. The molecular weight excluding hydrogens is 566 g/mol. The van der Waals surface area contributed by atoms with Gasteiger partial charge in [0.2, 0.25) is 5.28 Å². The number of esters is 1. The molecule has 3 heterocycles. The maximum Gasteiger partial charge on any atom is 0.373 e. The lowest BCUT2D eigenvalue weighted by molar-refractivity contribution is -0.165. The minimum absolute atomic E-state index is 0.0000609. The molecule has 3 atom stereocenters. The second-order valence-electron chi connectivity index (χ2n) is 8.74. The molecular formula is C22H35Cl2N4O9P. The largest absolute Gasteiger partial charge is 0.463 e. The smallest absolute Gasteiger partial charge is 0.373 e.